The molecule has 0 saturated heterocycles. The molecular weight excluding hydrogens is 176 g/mol. The highest BCUT2D eigenvalue weighted by Crippen LogP contribution is 2.29. The summed E-state index contributed by atoms with van der Waals surface area (Å²) >= 11 is 0. The van der Waals surface area contributed by atoms with Crippen molar-refractivity contribution in [2.24, 2.45) is 5.92 Å². The second-order valence-corrected chi connectivity index (χ2v) is 3.97. The molecule has 1 rings (SSSR count). The SMILES string of the molecule is CCCN(CC#N)C(=O)CC1CCC1. The quantitative estimate of drug-likeness (QED) is 0.628. The van der Waals surface area contributed by atoms with E-state index < -0.39 is 0 Å². The van der Waals surface area contributed by atoms with Crippen LogP contribution in [0.15, 0.2) is 0 Å². The van der Waals surface area contributed by atoms with Crippen molar-refractivity contribution < 1.29 is 4.79 Å². The maximum absolute atomic E-state index is 11.7. The van der Waals surface area contributed by atoms with E-state index in [0.29, 0.717) is 12.3 Å². The zero-order chi connectivity index (χ0) is 10.4. The lowest BCUT2D eigenvalue weighted by molar-refractivity contribution is -0.132. The smallest absolute Gasteiger partial charge is 0.223 e. The van der Waals surface area contributed by atoms with Gasteiger partial charge in [0.1, 0.15) is 6.54 Å². The van der Waals surface area contributed by atoms with Gasteiger partial charge in [-0.2, -0.15) is 5.26 Å². The zero-order valence-electron chi connectivity index (χ0n) is 8.83. The van der Waals surface area contributed by atoms with Gasteiger partial charge in [-0.05, 0) is 25.2 Å². The van der Waals surface area contributed by atoms with Gasteiger partial charge in [0.25, 0.3) is 0 Å². The Morgan fingerprint density at radius 2 is 2.29 bits per heavy atom. The van der Waals surface area contributed by atoms with E-state index in [4.69, 9.17) is 5.26 Å². The molecule has 0 aromatic carbocycles. The summed E-state index contributed by atoms with van der Waals surface area (Å²) < 4.78 is 0. The highest BCUT2D eigenvalue weighted by atomic mass is 16.2. The van der Waals surface area contributed by atoms with Gasteiger partial charge >= 0.3 is 0 Å². The third-order valence-corrected chi connectivity index (χ3v) is 2.80. The summed E-state index contributed by atoms with van der Waals surface area (Å²) in [4.78, 5) is 13.4. The largest absolute Gasteiger partial charge is 0.329 e. The van der Waals surface area contributed by atoms with Crippen LogP contribution in [0.4, 0.5) is 0 Å². The standard InChI is InChI=1S/C11H18N2O/c1-2-7-13(8-6-12)11(14)9-10-4-3-5-10/h10H,2-5,7-9H2,1H3. The number of carbonyl (C=O) groups excluding carboxylic acids is 1. The van der Waals surface area contributed by atoms with Crippen LogP contribution in [0.5, 0.6) is 0 Å². The van der Waals surface area contributed by atoms with Crippen LogP contribution in [0.2, 0.25) is 0 Å². The third-order valence-electron chi connectivity index (χ3n) is 2.80. The fourth-order valence-corrected chi connectivity index (χ4v) is 1.72. The van der Waals surface area contributed by atoms with Crippen LogP contribution in [0.1, 0.15) is 39.0 Å². The fraction of sp³-hybridized carbons (Fsp3) is 0.818. The van der Waals surface area contributed by atoms with E-state index in [-0.39, 0.29) is 12.5 Å². The Bertz CT molecular complexity index is 228. The zero-order valence-corrected chi connectivity index (χ0v) is 8.83. The van der Waals surface area contributed by atoms with Gasteiger partial charge in [-0.25, -0.2) is 0 Å². The van der Waals surface area contributed by atoms with Crippen LogP contribution in [0, 0.1) is 17.2 Å². The molecule has 0 spiro atoms. The van der Waals surface area contributed by atoms with Crippen LogP contribution >= 0.6 is 0 Å². The number of rotatable bonds is 5. The molecule has 0 aromatic heterocycles. The number of nitriles is 1. The number of hydrogen-bond acceptors (Lipinski definition) is 2. The minimum atomic E-state index is 0.165. The Morgan fingerprint density at radius 3 is 2.71 bits per heavy atom. The number of amides is 1. The van der Waals surface area contributed by atoms with E-state index in [1.54, 1.807) is 4.90 Å². The lowest BCUT2D eigenvalue weighted by atomic mass is 9.82. The average molecular weight is 194 g/mol. The minimum Gasteiger partial charge on any atom is -0.329 e. The highest BCUT2D eigenvalue weighted by Gasteiger charge is 2.23. The molecule has 1 saturated carbocycles. The normalized spacial score (nSPS) is 15.7. The van der Waals surface area contributed by atoms with Crippen LogP contribution in [0.25, 0.3) is 0 Å². The van der Waals surface area contributed by atoms with Crippen molar-refractivity contribution >= 4 is 5.91 Å². The van der Waals surface area contributed by atoms with Gasteiger partial charge < -0.3 is 4.90 Å². The molecule has 3 nitrogen and oxygen atoms in total. The van der Waals surface area contributed by atoms with E-state index in [9.17, 15) is 4.79 Å². The summed E-state index contributed by atoms with van der Waals surface area (Å²) in [6.07, 6.45) is 5.24. The summed E-state index contributed by atoms with van der Waals surface area (Å²) in [5.74, 6) is 0.763. The Hall–Kier alpha value is -1.04. The van der Waals surface area contributed by atoms with E-state index in [1.807, 2.05) is 13.0 Å². The summed E-state index contributed by atoms with van der Waals surface area (Å²) in [6.45, 7) is 3.00. The predicted octanol–water partition coefficient (Wildman–Crippen LogP) is 1.94. The molecule has 0 heterocycles. The van der Waals surface area contributed by atoms with Crippen molar-refractivity contribution in [2.45, 2.75) is 39.0 Å². The topological polar surface area (TPSA) is 44.1 Å². The fourth-order valence-electron chi connectivity index (χ4n) is 1.72. The molecule has 0 aliphatic heterocycles. The van der Waals surface area contributed by atoms with Crippen LogP contribution < -0.4 is 0 Å². The second kappa shape index (κ2) is 5.64. The summed E-state index contributed by atoms with van der Waals surface area (Å²) in [6, 6.07) is 2.05. The molecular formula is C11H18N2O. The number of nitrogens with zero attached hydrogens (tertiary/aromatic N) is 2. The van der Waals surface area contributed by atoms with Gasteiger partial charge in [-0.3, -0.25) is 4.79 Å². The van der Waals surface area contributed by atoms with E-state index in [2.05, 4.69) is 0 Å². The average Bonchev–Trinajstić information content (AvgIpc) is 2.11. The van der Waals surface area contributed by atoms with Crippen molar-refractivity contribution in [1.82, 2.24) is 4.90 Å². The Balaban J connectivity index is 2.33. The van der Waals surface area contributed by atoms with Crippen molar-refractivity contribution in [1.29, 1.82) is 5.26 Å². The minimum absolute atomic E-state index is 0.165. The molecule has 1 aliphatic carbocycles. The van der Waals surface area contributed by atoms with Gasteiger partial charge in [-0.1, -0.05) is 13.3 Å². The van der Waals surface area contributed by atoms with Gasteiger partial charge in [0.2, 0.25) is 5.91 Å². The Labute approximate surface area is 85.7 Å². The first-order valence-electron chi connectivity index (χ1n) is 5.42. The molecule has 3 heteroatoms. The molecule has 0 unspecified atom stereocenters. The molecule has 0 aromatic rings. The van der Waals surface area contributed by atoms with Gasteiger partial charge in [0, 0.05) is 13.0 Å². The van der Waals surface area contributed by atoms with Crippen LogP contribution in [-0.4, -0.2) is 23.9 Å². The van der Waals surface area contributed by atoms with Gasteiger partial charge in [-0.15, -0.1) is 0 Å². The molecule has 0 atom stereocenters. The predicted molar refractivity (Wildman–Crippen MR) is 54.4 cm³/mol. The van der Waals surface area contributed by atoms with E-state index >= 15 is 0 Å². The van der Waals surface area contributed by atoms with Gasteiger partial charge in [0.15, 0.2) is 0 Å². The lowest BCUT2D eigenvalue weighted by Crippen LogP contribution is -2.34. The maximum Gasteiger partial charge on any atom is 0.223 e. The number of carbonyl (C=O) groups is 1. The van der Waals surface area contributed by atoms with Crippen LogP contribution in [-0.2, 0) is 4.79 Å². The first kappa shape index (κ1) is 11.0. The molecule has 78 valence electrons. The van der Waals surface area contributed by atoms with Crippen molar-refractivity contribution in [3.63, 3.8) is 0 Å². The monoisotopic (exact) mass is 194 g/mol. The maximum atomic E-state index is 11.7. The molecule has 14 heavy (non-hydrogen) atoms. The molecule has 0 N–H and O–H groups in total. The Morgan fingerprint density at radius 1 is 1.57 bits per heavy atom. The molecule has 1 fully saturated rings. The molecule has 1 aliphatic rings. The van der Waals surface area contributed by atoms with Crippen molar-refractivity contribution in [3.8, 4) is 6.07 Å². The third kappa shape index (κ3) is 3.02. The Kier molecular flexibility index (Phi) is 4.45. The van der Waals surface area contributed by atoms with Gasteiger partial charge in [0.05, 0.1) is 6.07 Å². The first-order valence-corrected chi connectivity index (χ1v) is 5.42. The van der Waals surface area contributed by atoms with Crippen molar-refractivity contribution in [3.05, 3.63) is 0 Å². The molecule has 0 bridgehead atoms. The number of hydrogen-bond donors (Lipinski definition) is 0. The van der Waals surface area contributed by atoms with E-state index in [0.717, 1.165) is 13.0 Å². The summed E-state index contributed by atoms with van der Waals surface area (Å²) in [5.41, 5.74) is 0. The highest BCUT2D eigenvalue weighted by molar-refractivity contribution is 5.76. The van der Waals surface area contributed by atoms with Crippen LogP contribution in [0.3, 0.4) is 0 Å². The molecule has 0 radical (unpaired) electrons. The van der Waals surface area contributed by atoms with Crippen molar-refractivity contribution in [2.75, 3.05) is 13.1 Å². The summed E-state index contributed by atoms with van der Waals surface area (Å²) in [5, 5.41) is 8.57. The summed E-state index contributed by atoms with van der Waals surface area (Å²) in [7, 11) is 0. The first-order chi connectivity index (χ1) is 6.77. The lowest BCUT2D eigenvalue weighted by Gasteiger charge is -2.27. The second-order valence-electron chi connectivity index (χ2n) is 3.97. The van der Waals surface area contributed by atoms with E-state index in [1.165, 1.54) is 19.3 Å². The molecule has 1 amide bonds.